The molecule has 0 aromatic heterocycles. The van der Waals surface area contributed by atoms with Crippen LogP contribution in [0.3, 0.4) is 0 Å². The monoisotopic (exact) mass is 590 g/mol. The zero-order valence-corrected chi connectivity index (χ0v) is 24.6. The number of likely N-dealkylation sites (N-methyl/N-ethyl adjacent to an activating group) is 1. The number of likely N-dealkylation sites (tertiary alicyclic amines) is 1. The third kappa shape index (κ3) is 4.99. The van der Waals surface area contributed by atoms with E-state index in [1.807, 2.05) is 24.3 Å². The molecule has 2 N–H and O–H groups in total. The SMILES string of the molecule is CC(=O)Nc1ccc(O)cc1.COc1ccc2c3c1O[C@H]1C(OC(=O)c4ccccc4)=CC[C@H]4[C@@H](C2)N(C)CC[C@]314.Cl. The Balaban J connectivity index is 0.000000251. The summed E-state index contributed by atoms with van der Waals surface area (Å²) in [6, 6.07) is 20.1. The number of allylic oxidation sites excluding steroid dienone is 1. The van der Waals surface area contributed by atoms with Gasteiger partial charge in [-0.1, -0.05) is 24.3 Å². The van der Waals surface area contributed by atoms with Crippen molar-refractivity contribution in [1.82, 2.24) is 4.90 Å². The van der Waals surface area contributed by atoms with Crippen LogP contribution in [-0.2, 0) is 21.4 Å². The molecule has 3 aromatic rings. The topological polar surface area (TPSA) is 97.3 Å². The molecule has 2 aliphatic heterocycles. The summed E-state index contributed by atoms with van der Waals surface area (Å²) in [4.78, 5) is 25.8. The Labute approximate surface area is 251 Å². The highest BCUT2D eigenvalue weighted by atomic mass is 35.5. The fourth-order valence-electron chi connectivity index (χ4n) is 7.05. The second kappa shape index (κ2) is 11.7. The summed E-state index contributed by atoms with van der Waals surface area (Å²) >= 11 is 0. The molecule has 0 saturated carbocycles. The molecule has 220 valence electrons. The van der Waals surface area contributed by atoms with Gasteiger partial charge in [0.25, 0.3) is 0 Å². The van der Waals surface area contributed by atoms with Gasteiger partial charge in [-0.3, -0.25) is 4.79 Å². The summed E-state index contributed by atoms with van der Waals surface area (Å²) in [5.41, 5.74) is 3.72. The second-order valence-electron chi connectivity index (χ2n) is 11.1. The van der Waals surface area contributed by atoms with Crippen molar-refractivity contribution in [2.45, 2.75) is 43.7 Å². The summed E-state index contributed by atoms with van der Waals surface area (Å²) in [7, 11) is 3.91. The number of ether oxygens (including phenoxy) is 3. The fourth-order valence-corrected chi connectivity index (χ4v) is 7.05. The Morgan fingerprint density at radius 2 is 1.81 bits per heavy atom. The smallest absolute Gasteiger partial charge is 0.343 e. The molecule has 4 atom stereocenters. The number of phenolic OH excluding ortho intramolecular Hbond substituents is 1. The Kier molecular flexibility index (Phi) is 8.21. The van der Waals surface area contributed by atoms with Crippen LogP contribution in [0.25, 0.3) is 0 Å². The van der Waals surface area contributed by atoms with Gasteiger partial charge in [0.1, 0.15) is 11.5 Å². The molecule has 2 bridgehead atoms. The lowest BCUT2D eigenvalue weighted by Gasteiger charge is -2.56. The number of anilines is 1. The molecule has 2 heterocycles. The molecule has 1 fully saturated rings. The quantitative estimate of drug-likeness (QED) is 0.306. The molecule has 1 spiro atoms. The normalized spacial score (nSPS) is 24.4. The molecule has 3 aromatic carbocycles. The predicted molar refractivity (Wildman–Crippen MR) is 162 cm³/mol. The van der Waals surface area contributed by atoms with E-state index in [0.717, 1.165) is 37.3 Å². The van der Waals surface area contributed by atoms with E-state index in [-0.39, 0.29) is 41.6 Å². The van der Waals surface area contributed by atoms with Crippen LogP contribution in [0.1, 0.15) is 41.3 Å². The van der Waals surface area contributed by atoms with Crippen molar-refractivity contribution < 1.29 is 28.9 Å². The van der Waals surface area contributed by atoms with E-state index in [4.69, 9.17) is 19.3 Å². The second-order valence-corrected chi connectivity index (χ2v) is 11.1. The lowest BCUT2D eigenvalue weighted by atomic mass is 9.53. The first-order valence-corrected chi connectivity index (χ1v) is 13.9. The van der Waals surface area contributed by atoms with Gasteiger partial charge in [0.15, 0.2) is 17.6 Å². The van der Waals surface area contributed by atoms with Crippen LogP contribution in [0.2, 0.25) is 0 Å². The molecular formula is C33H35ClN2O6. The average molecular weight is 591 g/mol. The zero-order chi connectivity index (χ0) is 28.7. The molecule has 9 heteroatoms. The van der Waals surface area contributed by atoms with Crippen molar-refractivity contribution in [3.8, 4) is 17.2 Å². The number of hydrogen-bond donors (Lipinski definition) is 2. The molecule has 4 aliphatic rings. The van der Waals surface area contributed by atoms with Gasteiger partial charge in [0.2, 0.25) is 5.91 Å². The Morgan fingerprint density at radius 1 is 1.07 bits per heavy atom. The molecular weight excluding hydrogens is 556 g/mol. The summed E-state index contributed by atoms with van der Waals surface area (Å²) in [6.07, 6.45) is 4.71. The van der Waals surface area contributed by atoms with E-state index < -0.39 is 0 Å². The van der Waals surface area contributed by atoms with Gasteiger partial charge < -0.3 is 29.5 Å². The highest BCUT2D eigenvalue weighted by Crippen LogP contribution is 2.63. The standard InChI is InChI=1S/C25H25NO4.C8H9NO2.ClH/c1-26-13-12-25-17-9-11-20(29-24(27)15-6-4-3-5-7-15)23(25)30-22-19(28-2)10-8-16(21(22)25)14-18(17)26;1-6(10)9-7-2-4-8(11)5-3-7;/h3-8,10-11,17-18,23H,9,12-14H2,1-2H3;2-5,11H,1H3,(H,9,10);1H/t17-,18+,23-,25-;;/m0../s1. The van der Waals surface area contributed by atoms with Crippen molar-refractivity contribution in [3.63, 3.8) is 0 Å². The van der Waals surface area contributed by atoms with E-state index in [1.165, 1.54) is 30.2 Å². The number of benzene rings is 3. The van der Waals surface area contributed by atoms with Gasteiger partial charge in [-0.2, -0.15) is 0 Å². The van der Waals surface area contributed by atoms with Crippen LogP contribution in [-0.4, -0.2) is 54.7 Å². The van der Waals surface area contributed by atoms with Gasteiger partial charge in [-0.25, -0.2) is 4.79 Å². The maximum atomic E-state index is 12.8. The molecule has 1 saturated heterocycles. The number of esters is 1. The zero-order valence-electron chi connectivity index (χ0n) is 23.8. The minimum atomic E-state index is -0.330. The van der Waals surface area contributed by atoms with Gasteiger partial charge in [0.05, 0.1) is 12.7 Å². The minimum absolute atomic E-state index is 0. The molecule has 0 radical (unpaired) electrons. The average Bonchev–Trinajstić information content (AvgIpc) is 3.33. The number of nitrogens with one attached hydrogen (secondary N) is 1. The van der Waals surface area contributed by atoms with Crippen LogP contribution >= 0.6 is 12.4 Å². The maximum Gasteiger partial charge on any atom is 0.343 e. The number of carbonyl (C=O) groups is 2. The van der Waals surface area contributed by atoms with Crippen molar-refractivity contribution in [2.75, 3.05) is 26.0 Å². The minimum Gasteiger partial charge on any atom is -0.508 e. The van der Waals surface area contributed by atoms with E-state index in [0.29, 0.717) is 29.0 Å². The maximum absolute atomic E-state index is 12.8. The number of carbonyl (C=O) groups excluding carboxylic acids is 2. The predicted octanol–water partition coefficient (Wildman–Crippen LogP) is 5.49. The van der Waals surface area contributed by atoms with Crippen molar-refractivity contribution in [3.05, 3.63) is 95.3 Å². The number of nitrogens with zero attached hydrogens (tertiary/aromatic N) is 1. The summed E-state index contributed by atoms with van der Waals surface area (Å²) in [5.74, 6) is 2.45. The summed E-state index contributed by atoms with van der Waals surface area (Å²) in [5, 5.41) is 11.5. The van der Waals surface area contributed by atoms with Gasteiger partial charge in [0, 0.05) is 29.6 Å². The third-order valence-corrected chi connectivity index (χ3v) is 8.84. The Hall–Kier alpha value is -4.01. The van der Waals surface area contributed by atoms with Crippen molar-refractivity contribution in [2.24, 2.45) is 5.92 Å². The van der Waals surface area contributed by atoms with Crippen LogP contribution in [0.4, 0.5) is 5.69 Å². The first-order valence-electron chi connectivity index (χ1n) is 13.9. The highest BCUT2D eigenvalue weighted by molar-refractivity contribution is 5.90. The van der Waals surface area contributed by atoms with Crippen molar-refractivity contribution >= 4 is 30.0 Å². The van der Waals surface area contributed by atoms with Gasteiger partial charge in [-0.05, 0) is 92.9 Å². The Morgan fingerprint density at radius 3 is 2.50 bits per heavy atom. The number of hydrogen-bond acceptors (Lipinski definition) is 7. The Bertz CT molecular complexity index is 1510. The largest absolute Gasteiger partial charge is 0.508 e. The number of piperidine rings is 1. The highest BCUT2D eigenvalue weighted by Gasteiger charge is 2.64. The number of methoxy groups -OCH3 is 1. The summed E-state index contributed by atoms with van der Waals surface area (Å²) < 4.78 is 18.2. The number of aromatic hydroxyl groups is 1. The lowest BCUT2D eigenvalue weighted by molar-refractivity contribution is -0.114. The fraction of sp³-hybridized carbons (Fsp3) is 0.333. The third-order valence-electron chi connectivity index (χ3n) is 8.84. The molecule has 7 rings (SSSR count). The lowest BCUT2D eigenvalue weighted by Crippen LogP contribution is -2.63. The number of halogens is 1. The first-order chi connectivity index (χ1) is 19.8. The van der Waals surface area contributed by atoms with Crippen molar-refractivity contribution in [1.29, 1.82) is 0 Å². The van der Waals surface area contributed by atoms with Crippen LogP contribution < -0.4 is 14.8 Å². The molecule has 0 unspecified atom stereocenters. The molecule has 2 aliphatic carbocycles. The molecule has 8 nitrogen and oxygen atoms in total. The van der Waals surface area contributed by atoms with Gasteiger partial charge in [-0.15, -0.1) is 12.4 Å². The number of amides is 1. The molecule has 1 amide bonds. The number of phenols is 1. The van der Waals surface area contributed by atoms with E-state index in [2.05, 4.69) is 29.4 Å². The van der Waals surface area contributed by atoms with Crippen LogP contribution in [0.15, 0.2) is 78.6 Å². The molecule has 42 heavy (non-hydrogen) atoms. The van der Waals surface area contributed by atoms with E-state index in [1.54, 1.807) is 31.4 Å². The first kappa shape index (κ1) is 29.5. The van der Waals surface area contributed by atoms with Crippen LogP contribution in [0, 0.1) is 5.92 Å². The van der Waals surface area contributed by atoms with E-state index in [9.17, 15) is 9.59 Å². The van der Waals surface area contributed by atoms with Gasteiger partial charge >= 0.3 is 5.97 Å². The number of rotatable bonds is 4. The van der Waals surface area contributed by atoms with Crippen LogP contribution in [0.5, 0.6) is 17.2 Å². The summed E-state index contributed by atoms with van der Waals surface area (Å²) in [6.45, 7) is 2.45. The van der Waals surface area contributed by atoms with E-state index >= 15 is 0 Å².